The predicted octanol–water partition coefficient (Wildman–Crippen LogP) is 0.667. The van der Waals surface area contributed by atoms with E-state index in [2.05, 4.69) is 5.32 Å². The highest BCUT2D eigenvalue weighted by atomic mass is 32.1. The van der Waals surface area contributed by atoms with Gasteiger partial charge in [-0.05, 0) is 30.7 Å². The van der Waals surface area contributed by atoms with E-state index in [4.69, 9.17) is 11.5 Å². The van der Waals surface area contributed by atoms with E-state index in [9.17, 15) is 9.59 Å². The van der Waals surface area contributed by atoms with Crippen molar-refractivity contribution in [3.05, 3.63) is 17.0 Å². The van der Waals surface area contributed by atoms with E-state index in [0.717, 1.165) is 6.42 Å². The van der Waals surface area contributed by atoms with Crippen LogP contribution in [0.4, 0.5) is 5.00 Å². The first kappa shape index (κ1) is 11.1. The minimum Gasteiger partial charge on any atom is -0.366 e. The number of hydrogen-bond acceptors (Lipinski definition) is 4. The zero-order valence-corrected chi connectivity index (χ0v) is 9.47. The largest absolute Gasteiger partial charge is 0.366 e. The summed E-state index contributed by atoms with van der Waals surface area (Å²) in [5, 5.41) is 4.86. The molecule has 1 aromatic rings. The van der Waals surface area contributed by atoms with Crippen molar-refractivity contribution >= 4 is 28.2 Å². The van der Waals surface area contributed by atoms with Gasteiger partial charge in [-0.1, -0.05) is 0 Å². The molecule has 16 heavy (non-hydrogen) atoms. The highest BCUT2D eigenvalue weighted by Crippen LogP contribution is 2.31. The van der Waals surface area contributed by atoms with E-state index in [1.807, 2.05) is 0 Å². The highest BCUT2D eigenvalue weighted by molar-refractivity contribution is 7.14. The number of hydrogen-bond donors (Lipinski definition) is 3. The number of carbonyl (C=O) groups excluding carboxylic acids is 2. The van der Waals surface area contributed by atoms with E-state index in [1.165, 1.54) is 11.3 Å². The molecule has 2 rings (SSSR count). The van der Waals surface area contributed by atoms with Crippen molar-refractivity contribution in [2.24, 2.45) is 11.5 Å². The summed E-state index contributed by atoms with van der Waals surface area (Å²) in [4.78, 5) is 22.9. The first-order valence-electron chi connectivity index (χ1n) is 5.00. The molecule has 1 aliphatic rings. The second-order valence-electron chi connectivity index (χ2n) is 3.99. The maximum Gasteiger partial charge on any atom is 0.251 e. The van der Waals surface area contributed by atoms with E-state index >= 15 is 0 Å². The van der Waals surface area contributed by atoms with Crippen LogP contribution in [0, 0.1) is 0 Å². The molecule has 0 saturated heterocycles. The van der Waals surface area contributed by atoms with Crippen molar-refractivity contribution in [1.29, 1.82) is 0 Å². The highest BCUT2D eigenvalue weighted by Gasteiger charge is 2.40. The fourth-order valence-electron chi connectivity index (χ4n) is 1.61. The van der Waals surface area contributed by atoms with Gasteiger partial charge in [-0.3, -0.25) is 9.59 Å². The molecule has 5 nitrogen and oxygen atoms in total. The fourth-order valence-corrected chi connectivity index (χ4v) is 2.40. The first-order valence-corrected chi connectivity index (χ1v) is 5.88. The average Bonchev–Trinajstić information content (AvgIpc) is 2.62. The molecule has 1 aromatic heterocycles. The zero-order chi connectivity index (χ0) is 11.8. The number of thiophene rings is 1. The number of anilines is 1. The molecule has 0 unspecified atom stereocenters. The van der Waals surface area contributed by atoms with Crippen LogP contribution >= 0.6 is 11.3 Å². The second kappa shape index (κ2) is 3.88. The summed E-state index contributed by atoms with van der Waals surface area (Å²) in [6, 6.07) is 1.59. The van der Waals surface area contributed by atoms with Gasteiger partial charge >= 0.3 is 0 Å². The maximum absolute atomic E-state index is 11.8. The summed E-state index contributed by atoms with van der Waals surface area (Å²) in [7, 11) is 0. The van der Waals surface area contributed by atoms with Crippen LogP contribution in [0.3, 0.4) is 0 Å². The van der Waals surface area contributed by atoms with Gasteiger partial charge in [-0.15, -0.1) is 11.3 Å². The average molecular weight is 239 g/mol. The van der Waals surface area contributed by atoms with Crippen molar-refractivity contribution in [2.45, 2.75) is 24.8 Å². The smallest absolute Gasteiger partial charge is 0.251 e. The van der Waals surface area contributed by atoms with Gasteiger partial charge in [0, 0.05) is 0 Å². The molecule has 5 N–H and O–H groups in total. The van der Waals surface area contributed by atoms with Gasteiger partial charge in [0.2, 0.25) is 5.91 Å². The van der Waals surface area contributed by atoms with E-state index in [-0.39, 0.29) is 5.91 Å². The van der Waals surface area contributed by atoms with Crippen molar-refractivity contribution in [2.75, 3.05) is 5.32 Å². The van der Waals surface area contributed by atoms with Crippen LogP contribution in [0.1, 0.15) is 29.6 Å². The van der Waals surface area contributed by atoms with Crippen LogP contribution in [-0.2, 0) is 4.79 Å². The number of nitrogens with two attached hydrogens (primary N) is 2. The Morgan fingerprint density at radius 1 is 1.44 bits per heavy atom. The molecule has 2 amide bonds. The summed E-state index contributed by atoms with van der Waals surface area (Å²) in [6.07, 6.45) is 2.35. The van der Waals surface area contributed by atoms with Crippen LogP contribution in [0.25, 0.3) is 0 Å². The first-order chi connectivity index (χ1) is 7.53. The number of amides is 2. The van der Waals surface area contributed by atoms with Gasteiger partial charge < -0.3 is 16.8 Å². The minimum atomic E-state index is -0.765. The van der Waals surface area contributed by atoms with E-state index in [0.29, 0.717) is 23.4 Å². The van der Waals surface area contributed by atoms with Crippen molar-refractivity contribution in [3.63, 3.8) is 0 Å². The normalized spacial score (nSPS) is 17.6. The van der Waals surface area contributed by atoms with Gasteiger partial charge in [0.05, 0.1) is 11.1 Å². The molecule has 0 spiro atoms. The van der Waals surface area contributed by atoms with Crippen LogP contribution in [0.2, 0.25) is 0 Å². The Bertz CT molecular complexity index is 437. The summed E-state index contributed by atoms with van der Waals surface area (Å²) in [6.45, 7) is 0. The van der Waals surface area contributed by atoms with E-state index < -0.39 is 11.4 Å². The molecular formula is C10H13N3O2S. The van der Waals surface area contributed by atoms with Crippen molar-refractivity contribution < 1.29 is 9.59 Å². The van der Waals surface area contributed by atoms with Gasteiger partial charge in [0.1, 0.15) is 5.00 Å². The molecule has 6 heteroatoms. The Balaban J connectivity index is 2.12. The maximum atomic E-state index is 11.8. The lowest BCUT2D eigenvalue weighted by Crippen LogP contribution is -2.56. The summed E-state index contributed by atoms with van der Waals surface area (Å²) in [5.41, 5.74) is 10.6. The fraction of sp³-hybridized carbons (Fsp3) is 0.400. The minimum absolute atomic E-state index is 0.233. The number of nitrogens with one attached hydrogen (secondary N) is 1. The van der Waals surface area contributed by atoms with Gasteiger partial charge in [0.25, 0.3) is 5.91 Å². The molecule has 0 atom stereocenters. The number of rotatable bonds is 3. The Morgan fingerprint density at radius 3 is 2.62 bits per heavy atom. The molecule has 0 radical (unpaired) electrons. The Kier molecular flexibility index (Phi) is 2.69. The molecule has 0 aromatic carbocycles. The third kappa shape index (κ3) is 1.81. The molecule has 0 bridgehead atoms. The summed E-state index contributed by atoms with van der Waals surface area (Å²) < 4.78 is 0. The van der Waals surface area contributed by atoms with Gasteiger partial charge in [0.15, 0.2) is 0 Å². The Morgan fingerprint density at radius 2 is 2.12 bits per heavy atom. The monoisotopic (exact) mass is 239 g/mol. The van der Waals surface area contributed by atoms with Crippen LogP contribution in [0.5, 0.6) is 0 Å². The topological polar surface area (TPSA) is 98.2 Å². The Labute approximate surface area is 96.8 Å². The molecule has 1 saturated carbocycles. The third-order valence-corrected chi connectivity index (χ3v) is 3.69. The van der Waals surface area contributed by atoms with Crippen LogP contribution in [0.15, 0.2) is 11.4 Å². The molecule has 86 valence electrons. The van der Waals surface area contributed by atoms with Crippen molar-refractivity contribution in [3.8, 4) is 0 Å². The Hall–Kier alpha value is -1.40. The molecule has 1 aliphatic carbocycles. The quantitative estimate of drug-likeness (QED) is 0.722. The third-order valence-electron chi connectivity index (χ3n) is 2.86. The number of primary amides is 1. The summed E-state index contributed by atoms with van der Waals surface area (Å²) in [5.74, 6) is -0.778. The lowest BCUT2D eigenvalue weighted by molar-refractivity contribution is -0.123. The SMILES string of the molecule is NC(=O)c1ccsc1NC(=O)C1(N)CCC1. The standard InChI is InChI=1S/C10H13N3O2S/c11-7(14)6-2-5-16-8(6)13-9(15)10(12)3-1-4-10/h2,5H,1,3-4,12H2,(H2,11,14)(H,13,15). The van der Waals surface area contributed by atoms with E-state index in [1.54, 1.807) is 11.4 Å². The zero-order valence-electron chi connectivity index (χ0n) is 8.66. The lowest BCUT2D eigenvalue weighted by Gasteiger charge is -2.36. The molecule has 0 aliphatic heterocycles. The number of carbonyl (C=O) groups is 2. The predicted molar refractivity (Wildman–Crippen MR) is 62.2 cm³/mol. The van der Waals surface area contributed by atoms with Gasteiger partial charge in [-0.25, -0.2) is 0 Å². The molecule has 1 heterocycles. The van der Waals surface area contributed by atoms with Crippen molar-refractivity contribution in [1.82, 2.24) is 0 Å². The lowest BCUT2D eigenvalue weighted by atomic mass is 9.77. The van der Waals surface area contributed by atoms with Gasteiger partial charge in [-0.2, -0.15) is 0 Å². The molecular weight excluding hydrogens is 226 g/mol. The second-order valence-corrected chi connectivity index (χ2v) is 4.91. The van der Waals surface area contributed by atoms with Crippen LogP contribution < -0.4 is 16.8 Å². The van der Waals surface area contributed by atoms with Crippen LogP contribution in [-0.4, -0.2) is 17.4 Å². The summed E-state index contributed by atoms with van der Waals surface area (Å²) >= 11 is 1.27. The molecule has 1 fully saturated rings.